The average Bonchev–Trinajstić information content (AvgIpc) is 3.01. The first kappa shape index (κ1) is 18.6. The van der Waals surface area contributed by atoms with Crippen molar-refractivity contribution in [2.75, 3.05) is 13.1 Å². The van der Waals surface area contributed by atoms with E-state index in [-0.39, 0.29) is 16.7 Å². The molecule has 2 N–H and O–H groups in total. The van der Waals surface area contributed by atoms with Crippen molar-refractivity contribution >= 4 is 15.9 Å². The van der Waals surface area contributed by atoms with E-state index in [1.807, 2.05) is 17.8 Å². The molecule has 1 aliphatic rings. The van der Waals surface area contributed by atoms with E-state index >= 15 is 0 Å². The second-order valence-corrected chi connectivity index (χ2v) is 8.48. The highest BCUT2D eigenvalue weighted by atomic mass is 32.2. The summed E-state index contributed by atoms with van der Waals surface area (Å²) in [5.74, 6) is 0.974. The van der Waals surface area contributed by atoms with Crippen LogP contribution in [0, 0.1) is 13.8 Å². The molecule has 0 aliphatic carbocycles. The van der Waals surface area contributed by atoms with Gasteiger partial charge in [-0.05, 0) is 49.9 Å². The largest absolute Gasteiger partial charge is 0.338 e. The lowest BCUT2D eigenvalue weighted by Crippen LogP contribution is -2.39. The van der Waals surface area contributed by atoms with Crippen LogP contribution in [-0.2, 0) is 17.1 Å². The topological polar surface area (TPSA) is 98.3 Å². The van der Waals surface area contributed by atoms with E-state index < -0.39 is 10.0 Å². The van der Waals surface area contributed by atoms with Crippen LogP contribution in [0.1, 0.15) is 46.1 Å². The fourth-order valence-electron chi connectivity index (χ4n) is 3.57. The summed E-state index contributed by atoms with van der Waals surface area (Å²) in [6.45, 7) is 4.70. The number of primary sulfonamides is 1. The Hall–Kier alpha value is -2.19. The Balaban J connectivity index is 1.90. The van der Waals surface area contributed by atoms with Crippen LogP contribution >= 0.6 is 0 Å². The fourth-order valence-corrected chi connectivity index (χ4v) is 4.45. The van der Waals surface area contributed by atoms with E-state index in [1.54, 1.807) is 31.0 Å². The van der Waals surface area contributed by atoms with E-state index in [1.165, 1.54) is 6.07 Å². The molecule has 1 atom stereocenters. The number of hydrogen-bond acceptors (Lipinski definition) is 4. The van der Waals surface area contributed by atoms with Crippen LogP contribution in [0.25, 0.3) is 0 Å². The Kier molecular flexibility index (Phi) is 4.90. The number of imidazole rings is 1. The highest BCUT2D eigenvalue weighted by Crippen LogP contribution is 2.27. The van der Waals surface area contributed by atoms with E-state index in [9.17, 15) is 13.2 Å². The minimum Gasteiger partial charge on any atom is -0.338 e. The van der Waals surface area contributed by atoms with E-state index in [4.69, 9.17) is 5.14 Å². The number of piperidine rings is 1. The number of amides is 1. The van der Waals surface area contributed by atoms with Gasteiger partial charge in [0.15, 0.2) is 0 Å². The van der Waals surface area contributed by atoms with Crippen LogP contribution in [0.15, 0.2) is 29.4 Å². The molecular weight excluding hydrogens is 352 g/mol. The number of aryl methyl sites for hydroxylation is 2. The number of carbonyl (C=O) groups excluding carboxylic acids is 1. The summed E-state index contributed by atoms with van der Waals surface area (Å²) in [4.78, 5) is 19.2. The molecule has 1 aromatic carbocycles. The zero-order chi connectivity index (χ0) is 19.1. The van der Waals surface area contributed by atoms with Crippen LogP contribution in [0.4, 0.5) is 0 Å². The van der Waals surface area contributed by atoms with Crippen molar-refractivity contribution in [3.63, 3.8) is 0 Å². The molecule has 1 fully saturated rings. The molecule has 140 valence electrons. The third-order valence-electron chi connectivity index (χ3n) is 5.11. The molecule has 7 nitrogen and oxygen atoms in total. The van der Waals surface area contributed by atoms with Crippen LogP contribution in [0.5, 0.6) is 0 Å². The molecule has 1 amide bonds. The van der Waals surface area contributed by atoms with Gasteiger partial charge in [-0.2, -0.15) is 0 Å². The summed E-state index contributed by atoms with van der Waals surface area (Å²) >= 11 is 0. The third kappa shape index (κ3) is 3.52. The number of likely N-dealkylation sites (tertiary alicyclic amines) is 1. The monoisotopic (exact) mass is 376 g/mol. The maximum absolute atomic E-state index is 13.0. The highest BCUT2D eigenvalue weighted by molar-refractivity contribution is 7.89. The van der Waals surface area contributed by atoms with Crippen molar-refractivity contribution in [2.24, 2.45) is 12.2 Å². The Bertz CT molecular complexity index is 949. The number of carbonyl (C=O) groups is 1. The van der Waals surface area contributed by atoms with Gasteiger partial charge < -0.3 is 9.47 Å². The predicted molar refractivity (Wildman–Crippen MR) is 98.4 cm³/mol. The number of sulfonamides is 1. The van der Waals surface area contributed by atoms with Crippen molar-refractivity contribution in [1.29, 1.82) is 0 Å². The van der Waals surface area contributed by atoms with Gasteiger partial charge >= 0.3 is 0 Å². The Morgan fingerprint density at radius 3 is 2.65 bits per heavy atom. The molecule has 0 saturated carbocycles. The van der Waals surface area contributed by atoms with Gasteiger partial charge in [-0.25, -0.2) is 18.5 Å². The van der Waals surface area contributed by atoms with E-state index in [2.05, 4.69) is 4.98 Å². The van der Waals surface area contributed by atoms with Crippen LogP contribution in [0.2, 0.25) is 0 Å². The van der Waals surface area contributed by atoms with Gasteiger partial charge in [0.1, 0.15) is 5.82 Å². The highest BCUT2D eigenvalue weighted by Gasteiger charge is 2.28. The number of aromatic nitrogens is 2. The smallest absolute Gasteiger partial charge is 0.253 e. The standard InChI is InChI=1S/C18H24N4O3S/c1-12-9-15(10-16(13(12)2)26(19,24)25)18(23)22-7-4-5-14(11-22)17-20-6-8-21(17)3/h6,8-10,14H,4-5,7,11H2,1-3H3,(H2,19,24,25)/t14-/m1/s1. The summed E-state index contributed by atoms with van der Waals surface area (Å²) in [6.07, 6.45) is 5.52. The molecule has 0 radical (unpaired) electrons. The molecule has 0 unspecified atom stereocenters. The molecule has 0 bridgehead atoms. The lowest BCUT2D eigenvalue weighted by atomic mass is 9.96. The number of benzene rings is 1. The first-order valence-corrected chi connectivity index (χ1v) is 10.1. The molecule has 1 aliphatic heterocycles. The van der Waals surface area contributed by atoms with Crippen LogP contribution in [0.3, 0.4) is 0 Å². The predicted octanol–water partition coefficient (Wildman–Crippen LogP) is 1.70. The van der Waals surface area contributed by atoms with E-state index in [0.717, 1.165) is 24.2 Å². The van der Waals surface area contributed by atoms with Crippen molar-refractivity contribution in [1.82, 2.24) is 14.5 Å². The van der Waals surface area contributed by atoms with Crippen molar-refractivity contribution in [3.05, 3.63) is 47.0 Å². The average molecular weight is 376 g/mol. The first-order valence-electron chi connectivity index (χ1n) is 8.59. The molecule has 3 rings (SSSR count). The van der Waals surface area contributed by atoms with Gasteiger partial charge in [-0.15, -0.1) is 0 Å². The van der Waals surface area contributed by atoms with Gasteiger partial charge in [-0.3, -0.25) is 4.79 Å². The molecular formula is C18H24N4O3S. The van der Waals surface area contributed by atoms with Gasteiger partial charge in [0.25, 0.3) is 5.91 Å². The first-order chi connectivity index (χ1) is 12.2. The molecule has 2 aromatic rings. The van der Waals surface area contributed by atoms with E-state index in [0.29, 0.717) is 24.2 Å². The van der Waals surface area contributed by atoms with Crippen LogP contribution < -0.4 is 5.14 Å². The molecule has 26 heavy (non-hydrogen) atoms. The van der Waals surface area contributed by atoms with Crippen molar-refractivity contribution < 1.29 is 13.2 Å². The zero-order valence-electron chi connectivity index (χ0n) is 15.3. The second-order valence-electron chi connectivity index (χ2n) is 6.95. The normalized spacial score (nSPS) is 18.2. The number of nitrogens with two attached hydrogens (primary N) is 1. The van der Waals surface area contributed by atoms with Crippen molar-refractivity contribution in [3.8, 4) is 0 Å². The fraction of sp³-hybridized carbons (Fsp3) is 0.444. The van der Waals surface area contributed by atoms with Gasteiger partial charge in [0.05, 0.1) is 4.90 Å². The number of nitrogens with zero attached hydrogens (tertiary/aromatic N) is 3. The van der Waals surface area contributed by atoms with Crippen molar-refractivity contribution in [2.45, 2.75) is 37.5 Å². The summed E-state index contributed by atoms with van der Waals surface area (Å²) in [5, 5.41) is 5.31. The van der Waals surface area contributed by atoms with Gasteiger partial charge in [0.2, 0.25) is 10.0 Å². The van der Waals surface area contributed by atoms with Gasteiger partial charge in [-0.1, -0.05) is 0 Å². The Morgan fingerprint density at radius 2 is 2.04 bits per heavy atom. The van der Waals surface area contributed by atoms with Crippen LogP contribution in [-0.4, -0.2) is 41.9 Å². The summed E-state index contributed by atoms with van der Waals surface area (Å²) < 4.78 is 25.7. The lowest BCUT2D eigenvalue weighted by molar-refractivity contribution is 0.0703. The molecule has 8 heteroatoms. The molecule has 1 aromatic heterocycles. The second kappa shape index (κ2) is 6.85. The Labute approximate surface area is 153 Å². The quantitative estimate of drug-likeness (QED) is 0.881. The zero-order valence-corrected chi connectivity index (χ0v) is 16.1. The number of hydrogen-bond donors (Lipinski definition) is 1. The lowest BCUT2D eigenvalue weighted by Gasteiger charge is -2.32. The third-order valence-corrected chi connectivity index (χ3v) is 6.14. The summed E-state index contributed by atoms with van der Waals surface area (Å²) in [6, 6.07) is 3.13. The maximum Gasteiger partial charge on any atom is 0.253 e. The molecule has 1 saturated heterocycles. The molecule has 2 heterocycles. The minimum atomic E-state index is -3.88. The summed E-state index contributed by atoms with van der Waals surface area (Å²) in [5.41, 5.74) is 1.67. The van der Waals surface area contributed by atoms with Gasteiger partial charge in [0, 0.05) is 44.0 Å². The molecule has 0 spiro atoms. The minimum absolute atomic E-state index is 0.0125. The number of rotatable bonds is 3. The maximum atomic E-state index is 13.0. The Morgan fingerprint density at radius 1 is 1.31 bits per heavy atom. The SMILES string of the molecule is Cc1cc(C(=O)N2CCC[C@@H](c3nccn3C)C2)cc(S(N)(=O)=O)c1C. The summed E-state index contributed by atoms with van der Waals surface area (Å²) in [7, 11) is -1.93.